The van der Waals surface area contributed by atoms with Crippen LogP contribution in [0.1, 0.15) is 16.2 Å². The number of pyridine rings is 3. The Kier molecular flexibility index (Phi) is 3.53. The fourth-order valence-electron chi connectivity index (χ4n) is 2.44. The highest BCUT2D eigenvalue weighted by Crippen LogP contribution is 2.35. The fraction of sp³-hybridized carbons (Fsp3) is 0.125. The molecule has 116 valence electrons. The molecule has 0 spiro atoms. The highest BCUT2D eigenvalue weighted by atomic mass is 16.5. The Bertz CT molecular complexity index is 924. The molecular formula is C16H15N5O2. The summed E-state index contributed by atoms with van der Waals surface area (Å²) in [5, 5.41) is 0. The van der Waals surface area contributed by atoms with Gasteiger partial charge in [0.25, 0.3) is 5.91 Å². The molecule has 0 aliphatic carbocycles. The van der Waals surface area contributed by atoms with E-state index in [2.05, 4.69) is 15.0 Å². The summed E-state index contributed by atoms with van der Waals surface area (Å²) in [5.74, 6) is -0.0787. The Morgan fingerprint density at radius 3 is 2.78 bits per heavy atom. The number of nitrogens with zero attached hydrogens (tertiary/aromatic N) is 3. The van der Waals surface area contributed by atoms with Crippen LogP contribution in [0.2, 0.25) is 0 Å². The lowest BCUT2D eigenvalue weighted by Crippen LogP contribution is -2.16. The number of amides is 1. The Hall–Kier alpha value is -3.22. The van der Waals surface area contributed by atoms with Crippen LogP contribution in [-0.2, 0) is 0 Å². The lowest BCUT2D eigenvalue weighted by molar-refractivity contribution is 0.0997. The lowest BCUT2D eigenvalue weighted by Gasteiger charge is -2.13. The number of carbonyl (C=O) groups excluding carboxylic acids is 1. The molecular weight excluding hydrogens is 294 g/mol. The van der Waals surface area contributed by atoms with Crippen molar-refractivity contribution in [2.24, 2.45) is 5.73 Å². The quantitative estimate of drug-likeness (QED) is 0.760. The normalized spacial score (nSPS) is 10.7. The monoisotopic (exact) mass is 309 g/mol. The molecule has 0 aromatic carbocycles. The molecule has 0 radical (unpaired) electrons. The van der Waals surface area contributed by atoms with Gasteiger partial charge in [-0.1, -0.05) is 0 Å². The molecule has 0 bridgehead atoms. The van der Waals surface area contributed by atoms with Gasteiger partial charge in [0.1, 0.15) is 5.75 Å². The summed E-state index contributed by atoms with van der Waals surface area (Å²) in [6, 6.07) is 5.28. The number of nitrogens with two attached hydrogens (primary N) is 2. The first-order chi connectivity index (χ1) is 11.0. The van der Waals surface area contributed by atoms with Gasteiger partial charge in [-0.2, -0.15) is 0 Å². The smallest absolute Gasteiger partial charge is 0.269 e. The maximum atomic E-state index is 11.6. The predicted molar refractivity (Wildman–Crippen MR) is 87.0 cm³/mol. The standard InChI is InChI=1S/C16H15N5O2/c1-8-11(23-2)6-9(7-20-8)12-13(17)15(16(18)22)21-10-4-3-5-19-14(10)12/h3-7H,17H2,1-2H3,(H2,18,22). The number of hydrogen-bond donors (Lipinski definition) is 2. The van der Waals surface area contributed by atoms with Crippen LogP contribution in [0.5, 0.6) is 5.75 Å². The summed E-state index contributed by atoms with van der Waals surface area (Å²) in [6.45, 7) is 1.84. The maximum absolute atomic E-state index is 11.6. The second-order valence-corrected chi connectivity index (χ2v) is 5.00. The number of anilines is 1. The van der Waals surface area contributed by atoms with Gasteiger partial charge in [0, 0.05) is 23.5 Å². The number of nitrogen functional groups attached to an aromatic ring is 1. The summed E-state index contributed by atoms with van der Waals surface area (Å²) >= 11 is 0. The van der Waals surface area contributed by atoms with E-state index in [4.69, 9.17) is 16.2 Å². The summed E-state index contributed by atoms with van der Waals surface area (Å²) < 4.78 is 5.31. The molecule has 0 unspecified atom stereocenters. The third-order valence-electron chi connectivity index (χ3n) is 3.56. The van der Waals surface area contributed by atoms with Crippen molar-refractivity contribution in [1.82, 2.24) is 15.0 Å². The van der Waals surface area contributed by atoms with E-state index in [-0.39, 0.29) is 11.4 Å². The molecule has 0 saturated carbocycles. The van der Waals surface area contributed by atoms with E-state index in [1.807, 2.05) is 6.92 Å². The maximum Gasteiger partial charge on any atom is 0.269 e. The van der Waals surface area contributed by atoms with Crippen molar-refractivity contribution in [3.63, 3.8) is 0 Å². The summed E-state index contributed by atoms with van der Waals surface area (Å²) in [6.07, 6.45) is 3.29. The minimum absolute atomic E-state index is 0.0139. The van der Waals surface area contributed by atoms with Crippen molar-refractivity contribution in [1.29, 1.82) is 0 Å². The number of aryl methyl sites for hydroxylation is 1. The van der Waals surface area contributed by atoms with Crippen LogP contribution in [0.4, 0.5) is 5.69 Å². The third-order valence-corrected chi connectivity index (χ3v) is 3.56. The molecule has 3 heterocycles. The zero-order valence-electron chi connectivity index (χ0n) is 12.7. The minimum Gasteiger partial charge on any atom is -0.495 e. The van der Waals surface area contributed by atoms with E-state index in [9.17, 15) is 4.79 Å². The molecule has 0 aliphatic heterocycles. The van der Waals surface area contributed by atoms with E-state index in [0.29, 0.717) is 27.9 Å². The molecule has 0 fully saturated rings. The molecule has 1 amide bonds. The number of methoxy groups -OCH3 is 1. The number of aromatic nitrogens is 3. The number of primary amides is 1. The van der Waals surface area contributed by atoms with Crippen LogP contribution < -0.4 is 16.2 Å². The van der Waals surface area contributed by atoms with Gasteiger partial charge in [0.15, 0.2) is 5.69 Å². The summed E-state index contributed by atoms with van der Waals surface area (Å²) in [4.78, 5) is 24.5. The Morgan fingerprint density at radius 1 is 1.30 bits per heavy atom. The molecule has 4 N–H and O–H groups in total. The zero-order chi connectivity index (χ0) is 16.6. The van der Waals surface area contributed by atoms with Crippen molar-refractivity contribution in [2.75, 3.05) is 12.8 Å². The van der Waals surface area contributed by atoms with Crippen molar-refractivity contribution in [2.45, 2.75) is 6.92 Å². The van der Waals surface area contributed by atoms with E-state index in [1.54, 1.807) is 37.7 Å². The fourth-order valence-corrected chi connectivity index (χ4v) is 2.44. The highest BCUT2D eigenvalue weighted by molar-refractivity contribution is 6.07. The van der Waals surface area contributed by atoms with Crippen molar-refractivity contribution in [3.8, 4) is 16.9 Å². The van der Waals surface area contributed by atoms with E-state index in [1.165, 1.54) is 0 Å². The van der Waals surface area contributed by atoms with Gasteiger partial charge in [-0.15, -0.1) is 0 Å². The second kappa shape index (κ2) is 5.53. The lowest BCUT2D eigenvalue weighted by atomic mass is 10.0. The van der Waals surface area contributed by atoms with Crippen LogP contribution in [0.3, 0.4) is 0 Å². The first-order valence-corrected chi connectivity index (χ1v) is 6.88. The number of ether oxygens (including phenoxy) is 1. The number of fused-ring (bicyclic) bond motifs is 1. The van der Waals surface area contributed by atoms with E-state index >= 15 is 0 Å². The molecule has 7 nitrogen and oxygen atoms in total. The summed E-state index contributed by atoms with van der Waals surface area (Å²) in [5.41, 5.74) is 14.8. The molecule has 7 heteroatoms. The predicted octanol–water partition coefficient (Wildman–Crippen LogP) is 1.69. The molecule has 0 saturated heterocycles. The molecule has 0 aliphatic rings. The Balaban J connectivity index is 2.40. The van der Waals surface area contributed by atoms with Crippen molar-refractivity contribution < 1.29 is 9.53 Å². The molecule has 3 aromatic heterocycles. The Labute approximate surface area is 132 Å². The van der Waals surface area contributed by atoms with Gasteiger partial charge >= 0.3 is 0 Å². The number of hydrogen-bond acceptors (Lipinski definition) is 6. The van der Waals surface area contributed by atoms with Gasteiger partial charge < -0.3 is 16.2 Å². The number of carbonyl (C=O) groups is 1. The van der Waals surface area contributed by atoms with Gasteiger partial charge in [0.05, 0.1) is 29.5 Å². The topological polar surface area (TPSA) is 117 Å². The summed E-state index contributed by atoms with van der Waals surface area (Å²) in [7, 11) is 1.56. The molecule has 23 heavy (non-hydrogen) atoms. The average molecular weight is 309 g/mol. The van der Waals surface area contributed by atoms with Crippen LogP contribution in [-0.4, -0.2) is 28.0 Å². The first kappa shape index (κ1) is 14.7. The largest absolute Gasteiger partial charge is 0.495 e. The van der Waals surface area contributed by atoms with Crippen LogP contribution in [0, 0.1) is 6.92 Å². The van der Waals surface area contributed by atoms with Crippen LogP contribution in [0.25, 0.3) is 22.2 Å². The van der Waals surface area contributed by atoms with Crippen molar-refractivity contribution in [3.05, 3.63) is 42.0 Å². The van der Waals surface area contributed by atoms with E-state index < -0.39 is 5.91 Å². The van der Waals surface area contributed by atoms with Gasteiger partial charge in [0.2, 0.25) is 0 Å². The third kappa shape index (κ3) is 2.42. The van der Waals surface area contributed by atoms with E-state index in [0.717, 1.165) is 5.69 Å². The van der Waals surface area contributed by atoms with Gasteiger partial charge in [-0.05, 0) is 25.1 Å². The highest BCUT2D eigenvalue weighted by Gasteiger charge is 2.19. The van der Waals surface area contributed by atoms with Crippen LogP contribution >= 0.6 is 0 Å². The van der Waals surface area contributed by atoms with Gasteiger partial charge in [-0.3, -0.25) is 14.8 Å². The Morgan fingerprint density at radius 2 is 2.09 bits per heavy atom. The van der Waals surface area contributed by atoms with Crippen molar-refractivity contribution >= 4 is 22.6 Å². The first-order valence-electron chi connectivity index (χ1n) is 6.88. The second-order valence-electron chi connectivity index (χ2n) is 5.00. The zero-order valence-corrected chi connectivity index (χ0v) is 12.7. The average Bonchev–Trinajstić information content (AvgIpc) is 2.55. The number of rotatable bonds is 3. The molecule has 3 rings (SSSR count). The minimum atomic E-state index is -0.693. The van der Waals surface area contributed by atoms with Crippen LogP contribution in [0.15, 0.2) is 30.6 Å². The SMILES string of the molecule is COc1cc(-c2c(N)c(C(N)=O)nc3cccnc23)cnc1C. The van der Waals surface area contributed by atoms with Gasteiger partial charge in [-0.25, -0.2) is 4.98 Å². The molecule has 3 aromatic rings. The molecule has 0 atom stereocenters.